The van der Waals surface area contributed by atoms with Gasteiger partial charge in [-0.3, -0.25) is 4.79 Å². The van der Waals surface area contributed by atoms with E-state index in [1.807, 2.05) is 0 Å². The first-order valence-electron chi connectivity index (χ1n) is 7.55. The average molecular weight is 373 g/mol. The Morgan fingerprint density at radius 2 is 2.00 bits per heavy atom. The van der Waals surface area contributed by atoms with Crippen LogP contribution in [0.4, 0.5) is 21.7 Å². The van der Waals surface area contributed by atoms with E-state index in [1.165, 1.54) is 37.6 Å². The molecule has 0 aliphatic heterocycles. The largest absolute Gasteiger partial charge is 0.495 e. The number of aromatic nitrogens is 2. The van der Waals surface area contributed by atoms with Gasteiger partial charge in [-0.05, 0) is 42.5 Å². The normalized spacial score (nSPS) is 10.3. The van der Waals surface area contributed by atoms with E-state index in [2.05, 4.69) is 20.6 Å². The van der Waals surface area contributed by atoms with E-state index >= 15 is 0 Å². The minimum atomic E-state index is -0.478. The Morgan fingerprint density at radius 1 is 1.15 bits per heavy atom. The van der Waals surface area contributed by atoms with Crippen molar-refractivity contribution < 1.29 is 13.9 Å². The number of benzene rings is 2. The maximum absolute atomic E-state index is 13.2. The summed E-state index contributed by atoms with van der Waals surface area (Å²) in [7, 11) is 1.53. The average Bonchev–Trinajstić information content (AvgIpc) is 2.62. The van der Waals surface area contributed by atoms with Gasteiger partial charge in [0.1, 0.15) is 17.3 Å². The van der Waals surface area contributed by atoms with Crippen LogP contribution in [0.2, 0.25) is 5.02 Å². The second-order valence-corrected chi connectivity index (χ2v) is 5.61. The van der Waals surface area contributed by atoms with Crippen molar-refractivity contribution in [3.05, 3.63) is 71.3 Å². The summed E-state index contributed by atoms with van der Waals surface area (Å²) in [6, 6.07) is 12.2. The summed E-state index contributed by atoms with van der Waals surface area (Å²) in [5, 5.41) is 5.97. The first-order valence-corrected chi connectivity index (χ1v) is 7.93. The number of nitrogens with one attached hydrogen (secondary N) is 2. The lowest BCUT2D eigenvalue weighted by Gasteiger charge is -2.09. The topological polar surface area (TPSA) is 76.1 Å². The Kier molecular flexibility index (Phi) is 5.28. The summed E-state index contributed by atoms with van der Waals surface area (Å²) < 4.78 is 18.3. The zero-order chi connectivity index (χ0) is 18.5. The standard InChI is InChI=1S/C18H14ClFN4O2/c1-26-16-6-5-13(10-14(16)19)23-18-21-8-7-15(24-18)17(25)22-12-4-2-3-11(20)9-12/h2-10H,1H3,(H,22,25)(H,21,23,24). The van der Waals surface area contributed by atoms with Gasteiger partial charge in [-0.2, -0.15) is 0 Å². The predicted molar refractivity (Wildman–Crippen MR) is 97.7 cm³/mol. The van der Waals surface area contributed by atoms with Crippen LogP contribution < -0.4 is 15.4 Å². The lowest BCUT2D eigenvalue weighted by atomic mass is 10.3. The highest BCUT2D eigenvalue weighted by atomic mass is 35.5. The summed E-state index contributed by atoms with van der Waals surface area (Å²) in [5.41, 5.74) is 1.11. The van der Waals surface area contributed by atoms with Gasteiger partial charge >= 0.3 is 0 Å². The van der Waals surface area contributed by atoms with E-state index in [-0.39, 0.29) is 11.6 Å². The number of methoxy groups -OCH3 is 1. The van der Waals surface area contributed by atoms with Gasteiger partial charge in [-0.25, -0.2) is 14.4 Å². The molecule has 0 aliphatic rings. The van der Waals surface area contributed by atoms with Crippen LogP contribution in [0.3, 0.4) is 0 Å². The number of nitrogens with zero attached hydrogens (tertiary/aromatic N) is 2. The maximum atomic E-state index is 13.2. The number of amides is 1. The van der Waals surface area contributed by atoms with Gasteiger partial charge < -0.3 is 15.4 Å². The molecule has 1 aromatic heterocycles. The molecule has 0 radical (unpaired) electrons. The molecule has 6 nitrogen and oxygen atoms in total. The van der Waals surface area contributed by atoms with E-state index in [9.17, 15) is 9.18 Å². The zero-order valence-electron chi connectivity index (χ0n) is 13.7. The molecule has 0 saturated carbocycles. The summed E-state index contributed by atoms with van der Waals surface area (Å²) in [4.78, 5) is 20.5. The van der Waals surface area contributed by atoms with Crippen LogP contribution >= 0.6 is 11.6 Å². The minimum Gasteiger partial charge on any atom is -0.495 e. The quantitative estimate of drug-likeness (QED) is 0.699. The molecule has 0 atom stereocenters. The van der Waals surface area contributed by atoms with Crippen LogP contribution in [0.1, 0.15) is 10.5 Å². The molecule has 8 heteroatoms. The molecule has 132 valence electrons. The number of carbonyl (C=O) groups is 1. The van der Waals surface area contributed by atoms with E-state index in [0.29, 0.717) is 22.1 Å². The monoisotopic (exact) mass is 372 g/mol. The molecular weight excluding hydrogens is 359 g/mol. The molecule has 3 aromatic rings. The Morgan fingerprint density at radius 3 is 2.73 bits per heavy atom. The number of carbonyl (C=O) groups excluding carboxylic acids is 1. The zero-order valence-corrected chi connectivity index (χ0v) is 14.4. The highest BCUT2D eigenvalue weighted by molar-refractivity contribution is 6.32. The van der Waals surface area contributed by atoms with Gasteiger partial charge in [0.2, 0.25) is 5.95 Å². The van der Waals surface area contributed by atoms with Gasteiger partial charge in [-0.1, -0.05) is 17.7 Å². The molecule has 0 aliphatic carbocycles. The fraction of sp³-hybridized carbons (Fsp3) is 0.0556. The maximum Gasteiger partial charge on any atom is 0.274 e. The highest BCUT2D eigenvalue weighted by Crippen LogP contribution is 2.28. The first-order chi connectivity index (χ1) is 12.5. The number of hydrogen-bond acceptors (Lipinski definition) is 5. The minimum absolute atomic E-state index is 0.131. The summed E-state index contributed by atoms with van der Waals surface area (Å²) in [6.07, 6.45) is 1.45. The van der Waals surface area contributed by atoms with Gasteiger partial charge in [0.15, 0.2) is 0 Å². The lowest BCUT2D eigenvalue weighted by Crippen LogP contribution is -2.14. The van der Waals surface area contributed by atoms with Crippen molar-refractivity contribution in [3.8, 4) is 5.75 Å². The molecule has 0 spiro atoms. The predicted octanol–water partition coefficient (Wildman–Crippen LogP) is 4.27. The van der Waals surface area contributed by atoms with Crippen LogP contribution in [0, 0.1) is 5.82 Å². The van der Waals surface area contributed by atoms with Crippen LogP contribution in [-0.2, 0) is 0 Å². The van der Waals surface area contributed by atoms with Gasteiger partial charge in [0.25, 0.3) is 5.91 Å². The number of ether oxygens (including phenoxy) is 1. The molecule has 0 unspecified atom stereocenters. The lowest BCUT2D eigenvalue weighted by molar-refractivity contribution is 0.102. The molecule has 0 saturated heterocycles. The molecule has 1 amide bonds. The van der Waals surface area contributed by atoms with E-state index < -0.39 is 11.7 Å². The smallest absolute Gasteiger partial charge is 0.274 e. The molecule has 2 aromatic carbocycles. The Bertz CT molecular complexity index is 952. The van der Waals surface area contributed by atoms with E-state index in [4.69, 9.17) is 16.3 Å². The second-order valence-electron chi connectivity index (χ2n) is 5.20. The van der Waals surface area contributed by atoms with Crippen molar-refractivity contribution in [2.45, 2.75) is 0 Å². The number of hydrogen-bond donors (Lipinski definition) is 2. The SMILES string of the molecule is COc1ccc(Nc2nccc(C(=O)Nc3cccc(F)c3)n2)cc1Cl. The second kappa shape index (κ2) is 7.79. The molecule has 1 heterocycles. The van der Waals surface area contributed by atoms with Crippen LogP contribution in [0.15, 0.2) is 54.7 Å². The van der Waals surface area contributed by atoms with Gasteiger partial charge in [0, 0.05) is 17.6 Å². The van der Waals surface area contributed by atoms with Crippen molar-refractivity contribution in [2.75, 3.05) is 17.7 Å². The van der Waals surface area contributed by atoms with Crippen molar-refractivity contribution >= 4 is 34.8 Å². The Balaban J connectivity index is 1.75. The molecule has 0 bridgehead atoms. The van der Waals surface area contributed by atoms with E-state index in [0.717, 1.165) is 0 Å². The summed E-state index contributed by atoms with van der Waals surface area (Å²) in [6.45, 7) is 0. The molecule has 2 N–H and O–H groups in total. The molecule has 0 fully saturated rings. The molecule has 3 rings (SSSR count). The van der Waals surface area contributed by atoms with Crippen molar-refractivity contribution in [1.82, 2.24) is 9.97 Å². The van der Waals surface area contributed by atoms with Gasteiger partial charge in [0.05, 0.1) is 12.1 Å². The third kappa shape index (κ3) is 4.25. The van der Waals surface area contributed by atoms with Crippen LogP contribution in [0.25, 0.3) is 0 Å². The number of rotatable bonds is 5. The van der Waals surface area contributed by atoms with Crippen LogP contribution in [-0.4, -0.2) is 23.0 Å². The highest BCUT2D eigenvalue weighted by Gasteiger charge is 2.10. The summed E-state index contributed by atoms with van der Waals surface area (Å²) in [5.74, 6) is -0.155. The number of halogens is 2. The third-order valence-corrected chi connectivity index (χ3v) is 3.67. The fourth-order valence-electron chi connectivity index (χ4n) is 2.18. The fourth-order valence-corrected chi connectivity index (χ4v) is 2.44. The third-order valence-electron chi connectivity index (χ3n) is 3.38. The first kappa shape index (κ1) is 17.6. The summed E-state index contributed by atoms with van der Waals surface area (Å²) >= 11 is 6.08. The van der Waals surface area contributed by atoms with Crippen LogP contribution in [0.5, 0.6) is 5.75 Å². The van der Waals surface area contributed by atoms with Crippen molar-refractivity contribution in [2.24, 2.45) is 0 Å². The Hall–Kier alpha value is -3.19. The van der Waals surface area contributed by atoms with Crippen molar-refractivity contribution in [1.29, 1.82) is 0 Å². The molecular formula is C18H14ClFN4O2. The molecule has 26 heavy (non-hydrogen) atoms. The van der Waals surface area contributed by atoms with Gasteiger partial charge in [-0.15, -0.1) is 0 Å². The Labute approximate surface area is 154 Å². The number of anilines is 3. The van der Waals surface area contributed by atoms with E-state index in [1.54, 1.807) is 24.3 Å². The van der Waals surface area contributed by atoms with Crippen molar-refractivity contribution in [3.63, 3.8) is 0 Å².